The Hall–Kier alpha value is -3.49. The number of fused-ring (bicyclic) bond motifs is 1. The number of guanidine groups is 1. The lowest BCUT2D eigenvalue weighted by molar-refractivity contribution is 0.0671. The lowest BCUT2D eigenvalue weighted by Gasteiger charge is -2.38. The number of nitrogens with two attached hydrogens (primary N) is 2. The van der Waals surface area contributed by atoms with E-state index in [4.69, 9.17) is 11.5 Å². The second kappa shape index (κ2) is 8.13. The zero-order valence-electron chi connectivity index (χ0n) is 17.4. The van der Waals surface area contributed by atoms with E-state index in [0.29, 0.717) is 53.3 Å². The summed E-state index contributed by atoms with van der Waals surface area (Å²) in [6.45, 7) is 1.76. The lowest BCUT2D eigenvalue weighted by atomic mass is 9.88. The fourth-order valence-electron chi connectivity index (χ4n) is 4.17. The molecule has 12 nitrogen and oxygen atoms in total. The molecule has 2 aliphatic rings. The molecule has 3 aromatic rings. The molecular weight excluding hydrogens is 539 g/mol. The first-order valence-corrected chi connectivity index (χ1v) is 11.4. The van der Waals surface area contributed by atoms with Crippen molar-refractivity contribution < 1.29 is 9.59 Å². The van der Waals surface area contributed by atoms with E-state index in [0.717, 1.165) is 5.39 Å². The van der Waals surface area contributed by atoms with Gasteiger partial charge in [-0.15, -0.1) is 0 Å². The van der Waals surface area contributed by atoms with E-state index in [2.05, 4.69) is 35.6 Å². The van der Waals surface area contributed by atoms with Crippen LogP contribution in [0.2, 0.25) is 0 Å². The van der Waals surface area contributed by atoms with Crippen LogP contribution >= 0.6 is 22.6 Å². The summed E-state index contributed by atoms with van der Waals surface area (Å²) in [5.41, 5.74) is 12.5. The van der Waals surface area contributed by atoms with Crippen molar-refractivity contribution in [3.63, 3.8) is 0 Å². The van der Waals surface area contributed by atoms with Gasteiger partial charge in [-0.3, -0.25) is 9.59 Å². The van der Waals surface area contributed by atoms with Crippen molar-refractivity contribution in [2.75, 3.05) is 31.1 Å². The van der Waals surface area contributed by atoms with Crippen LogP contribution in [-0.2, 0) is 0 Å². The SMILES string of the molecule is Nc1nc(N)c(C(=O)/N=C2\NCC3(CCN(C(=O)c4ccnc5[nH]ccc45)CC3)N2)nc1I. The second-order valence-electron chi connectivity index (χ2n) is 8.05. The number of pyridine rings is 1. The zero-order chi connectivity index (χ0) is 23.2. The van der Waals surface area contributed by atoms with E-state index in [-0.39, 0.29) is 28.8 Å². The predicted molar refractivity (Wildman–Crippen MR) is 130 cm³/mol. The van der Waals surface area contributed by atoms with Crippen LogP contribution in [0.3, 0.4) is 0 Å². The summed E-state index contributed by atoms with van der Waals surface area (Å²) in [7, 11) is 0. The average Bonchev–Trinajstić information content (AvgIpc) is 3.43. The highest BCUT2D eigenvalue weighted by atomic mass is 127. The number of nitrogen functional groups attached to an aromatic ring is 2. The molecule has 0 aliphatic carbocycles. The van der Waals surface area contributed by atoms with Crippen LogP contribution in [0.25, 0.3) is 11.0 Å². The predicted octanol–water partition coefficient (Wildman–Crippen LogP) is 0.486. The van der Waals surface area contributed by atoms with Gasteiger partial charge in [-0.2, -0.15) is 4.99 Å². The monoisotopic (exact) mass is 560 g/mol. The Bertz CT molecular complexity index is 1300. The van der Waals surface area contributed by atoms with Crippen LogP contribution in [-0.4, -0.2) is 67.8 Å². The Labute approximate surface area is 201 Å². The summed E-state index contributed by atoms with van der Waals surface area (Å²) in [4.78, 5) is 47.0. The number of aromatic nitrogens is 4. The van der Waals surface area contributed by atoms with Gasteiger partial charge in [-0.05, 0) is 47.6 Å². The number of carbonyl (C=O) groups is 2. The zero-order valence-corrected chi connectivity index (χ0v) is 19.6. The van der Waals surface area contributed by atoms with E-state index in [1.165, 1.54) is 0 Å². The highest BCUT2D eigenvalue weighted by Crippen LogP contribution is 2.27. The highest BCUT2D eigenvalue weighted by Gasteiger charge is 2.41. The molecule has 0 saturated carbocycles. The molecule has 2 saturated heterocycles. The van der Waals surface area contributed by atoms with E-state index < -0.39 is 5.91 Å². The molecular formula is C20H21IN10O2. The van der Waals surface area contributed by atoms with Crippen LogP contribution in [0.4, 0.5) is 11.6 Å². The molecule has 5 heterocycles. The summed E-state index contributed by atoms with van der Waals surface area (Å²) >= 11 is 1.89. The number of piperidine rings is 1. The molecule has 33 heavy (non-hydrogen) atoms. The summed E-state index contributed by atoms with van der Waals surface area (Å²) in [6.07, 6.45) is 4.84. The standard InChI is InChI=1S/C20H21IN10O2/c21-13-15(23)28-14(22)12(27-13)17(32)29-19-26-9-20(30-19)3-7-31(8-4-20)18(33)11-2-6-25-16-10(11)1-5-24-16/h1-2,5-6H,3-4,7-9H2,(H,24,25)(H4,22,23,28)(H2,26,29,30,32). The van der Waals surface area contributed by atoms with Crippen LogP contribution < -0.4 is 22.1 Å². The fourth-order valence-corrected chi connectivity index (χ4v) is 4.53. The van der Waals surface area contributed by atoms with Gasteiger partial charge in [-0.1, -0.05) is 0 Å². The molecule has 5 rings (SSSR count). The summed E-state index contributed by atoms with van der Waals surface area (Å²) in [6, 6.07) is 3.62. The largest absolute Gasteiger partial charge is 0.382 e. The van der Waals surface area contributed by atoms with Gasteiger partial charge in [-0.25, -0.2) is 15.0 Å². The minimum Gasteiger partial charge on any atom is -0.382 e. The van der Waals surface area contributed by atoms with Gasteiger partial charge in [0.1, 0.15) is 9.35 Å². The maximum absolute atomic E-state index is 13.1. The second-order valence-corrected chi connectivity index (χ2v) is 9.07. The van der Waals surface area contributed by atoms with Crippen molar-refractivity contribution in [1.82, 2.24) is 35.5 Å². The molecule has 0 bridgehead atoms. The Balaban J connectivity index is 1.26. The number of H-pyrrole nitrogens is 1. The van der Waals surface area contributed by atoms with Crippen LogP contribution in [0, 0.1) is 3.70 Å². The Morgan fingerprint density at radius 1 is 1.15 bits per heavy atom. The summed E-state index contributed by atoms with van der Waals surface area (Å²) in [5.74, 6) is -0.159. The number of nitrogens with one attached hydrogen (secondary N) is 3. The van der Waals surface area contributed by atoms with Gasteiger partial charge < -0.3 is 32.0 Å². The molecule has 13 heteroatoms. The number of aliphatic imine (C=N–C) groups is 1. The molecule has 1 spiro atoms. The third-order valence-electron chi connectivity index (χ3n) is 6.00. The van der Waals surface area contributed by atoms with E-state index >= 15 is 0 Å². The number of anilines is 2. The van der Waals surface area contributed by atoms with Gasteiger partial charge in [0.05, 0.1) is 11.1 Å². The number of aromatic amines is 1. The molecule has 170 valence electrons. The number of rotatable bonds is 2. The molecule has 2 fully saturated rings. The smallest absolute Gasteiger partial charge is 0.302 e. The van der Waals surface area contributed by atoms with E-state index in [9.17, 15) is 9.59 Å². The van der Waals surface area contributed by atoms with Gasteiger partial charge in [0, 0.05) is 37.4 Å². The van der Waals surface area contributed by atoms with Gasteiger partial charge in [0.2, 0.25) is 0 Å². The molecule has 2 aliphatic heterocycles. The molecule has 0 atom stereocenters. The van der Waals surface area contributed by atoms with Crippen LogP contribution in [0.5, 0.6) is 0 Å². The molecule has 7 N–H and O–H groups in total. The molecule has 0 aromatic carbocycles. The first kappa shape index (κ1) is 21.4. The van der Waals surface area contributed by atoms with Crippen molar-refractivity contribution in [2.45, 2.75) is 18.4 Å². The average molecular weight is 560 g/mol. The number of amides is 2. The maximum atomic E-state index is 13.1. The fraction of sp³-hybridized carbons (Fsp3) is 0.300. The number of likely N-dealkylation sites (tertiary alicyclic amines) is 1. The highest BCUT2D eigenvalue weighted by molar-refractivity contribution is 14.1. The number of carbonyl (C=O) groups excluding carboxylic acids is 2. The lowest BCUT2D eigenvalue weighted by Crippen LogP contribution is -2.53. The molecule has 0 radical (unpaired) electrons. The maximum Gasteiger partial charge on any atom is 0.302 e. The van der Waals surface area contributed by atoms with Crippen LogP contribution in [0.15, 0.2) is 29.5 Å². The normalized spacial score (nSPS) is 18.5. The molecule has 0 unspecified atom stereocenters. The Morgan fingerprint density at radius 3 is 2.73 bits per heavy atom. The first-order chi connectivity index (χ1) is 15.8. The topological polar surface area (TPSA) is 180 Å². The van der Waals surface area contributed by atoms with Gasteiger partial charge >= 0.3 is 5.91 Å². The van der Waals surface area contributed by atoms with Gasteiger partial charge in [0.15, 0.2) is 23.3 Å². The number of halogens is 1. The van der Waals surface area contributed by atoms with Crippen molar-refractivity contribution in [3.05, 3.63) is 39.5 Å². The van der Waals surface area contributed by atoms with Crippen molar-refractivity contribution in [3.8, 4) is 0 Å². The van der Waals surface area contributed by atoms with Gasteiger partial charge in [0.25, 0.3) is 5.91 Å². The Kier molecular flexibility index (Phi) is 5.26. The number of hydrogen-bond donors (Lipinski definition) is 5. The van der Waals surface area contributed by atoms with Crippen LogP contribution in [0.1, 0.15) is 33.7 Å². The molecule has 2 amide bonds. The minimum absolute atomic E-state index is 0.0149. The van der Waals surface area contributed by atoms with E-state index in [1.54, 1.807) is 18.5 Å². The summed E-state index contributed by atoms with van der Waals surface area (Å²) in [5, 5.41) is 7.29. The third kappa shape index (κ3) is 3.92. The van der Waals surface area contributed by atoms with E-state index in [1.807, 2.05) is 33.6 Å². The number of nitrogens with zero attached hydrogens (tertiary/aromatic N) is 5. The Morgan fingerprint density at radius 2 is 1.94 bits per heavy atom. The van der Waals surface area contributed by atoms with Crippen molar-refractivity contribution in [2.24, 2.45) is 4.99 Å². The van der Waals surface area contributed by atoms with Crippen molar-refractivity contribution >= 4 is 63.0 Å². The third-order valence-corrected chi connectivity index (χ3v) is 6.79. The molecule has 3 aromatic heterocycles. The van der Waals surface area contributed by atoms with Crippen molar-refractivity contribution in [1.29, 1.82) is 0 Å². The minimum atomic E-state index is -0.606. The summed E-state index contributed by atoms with van der Waals surface area (Å²) < 4.78 is 0.386. The first-order valence-electron chi connectivity index (χ1n) is 10.3. The quantitative estimate of drug-likeness (QED) is 0.279. The number of hydrogen-bond acceptors (Lipinski definition) is 7.